The third-order valence-electron chi connectivity index (χ3n) is 4.14. The minimum Gasteiger partial charge on any atom is -0.465 e. The lowest BCUT2D eigenvalue weighted by Crippen LogP contribution is -2.16. The van der Waals surface area contributed by atoms with Crippen LogP contribution < -0.4 is 10.6 Å². The van der Waals surface area contributed by atoms with E-state index in [1.165, 1.54) is 13.2 Å². The number of nitrogens with one attached hydrogen (secondary N) is 2. The van der Waals surface area contributed by atoms with Crippen LogP contribution in [0.25, 0.3) is 0 Å². The van der Waals surface area contributed by atoms with Crippen LogP contribution in [-0.2, 0) is 14.3 Å². The Bertz CT molecular complexity index is 966. The molecule has 0 aliphatic heterocycles. The smallest absolute Gasteiger partial charge is 0.341 e. The van der Waals surface area contributed by atoms with Crippen molar-refractivity contribution in [3.05, 3.63) is 45.8 Å². The highest BCUT2D eigenvalue weighted by atomic mass is 32.1. The number of hydrogen-bond acceptors (Lipinski definition) is 7. The summed E-state index contributed by atoms with van der Waals surface area (Å²) in [6.45, 7) is 5.30. The van der Waals surface area contributed by atoms with Crippen molar-refractivity contribution in [1.82, 2.24) is 0 Å². The molecular weight excluding hydrogens is 408 g/mol. The second kappa shape index (κ2) is 10.5. The largest absolute Gasteiger partial charge is 0.465 e. The zero-order valence-corrected chi connectivity index (χ0v) is 18.1. The maximum absolute atomic E-state index is 12.9. The normalized spacial score (nSPS) is 10.3. The first-order chi connectivity index (χ1) is 14.3. The van der Waals surface area contributed by atoms with Crippen molar-refractivity contribution in [3.8, 4) is 0 Å². The number of carbonyl (C=O) groups excluding carboxylic acids is 4. The van der Waals surface area contributed by atoms with Gasteiger partial charge in [0, 0.05) is 6.42 Å². The molecule has 0 fully saturated rings. The van der Waals surface area contributed by atoms with Gasteiger partial charge in [-0.1, -0.05) is 19.1 Å². The SMILES string of the molecule is CCCC(=O)Nc1sc(C(=O)Nc2ccccc2C(=O)OC)c(C)c1C(=O)OCC. The molecule has 0 aliphatic carbocycles. The Morgan fingerprint density at radius 3 is 2.37 bits per heavy atom. The Morgan fingerprint density at radius 2 is 1.73 bits per heavy atom. The van der Waals surface area contributed by atoms with Crippen LogP contribution in [-0.4, -0.2) is 37.5 Å². The minimum absolute atomic E-state index is 0.151. The van der Waals surface area contributed by atoms with Gasteiger partial charge in [0.1, 0.15) is 5.00 Å². The van der Waals surface area contributed by atoms with Gasteiger partial charge in [0.2, 0.25) is 5.91 Å². The van der Waals surface area contributed by atoms with E-state index in [9.17, 15) is 19.2 Å². The first-order valence-corrected chi connectivity index (χ1v) is 10.2. The summed E-state index contributed by atoms with van der Waals surface area (Å²) < 4.78 is 9.83. The Kier molecular flexibility index (Phi) is 8.11. The number of benzene rings is 1. The van der Waals surface area contributed by atoms with Gasteiger partial charge in [-0.25, -0.2) is 9.59 Å². The van der Waals surface area contributed by atoms with Gasteiger partial charge in [-0.15, -0.1) is 11.3 Å². The number of hydrogen-bond donors (Lipinski definition) is 2. The number of carbonyl (C=O) groups is 4. The average molecular weight is 432 g/mol. The molecular formula is C21H24N2O6S. The third kappa shape index (κ3) is 5.24. The molecule has 0 spiro atoms. The van der Waals surface area contributed by atoms with Gasteiger partial charge in [0.15, 0.2) is 0 Å². The molecule has 0 saturated heterocycles. The van der Waals surface area contributed by atoms with Gasteiger partial charge in [0.05, 0.1) is 35.4 Å². The van der Waals surface area contributed by atoms with E-state index in [4.69, 9.17) is 9.47 Å². The summed E-state index contributed by atoms with van der Waals surface area (Å²) in [6.07, 6.45) is 0.926. The van der Waals surface area contributed by atoms with Crippen molar-refractivity contribution < 1.29 is 28.7 Å². The Labute approximate surface area is 178 Å². The standard InChI is InChI=1S/C21H24N2O6S/c1-5-9-15(24)23-19-16(21(27)29-6-2)12(3)17(30-19)18(25)22-14-11-8-7-10-13(14)20(26)28-4/h7-8,10-11H,5-6,9H2,1-4H3,(H,22,25)(H,23,24). The Balaban J connectivity index is 2.41. The monoisotopic (exact) mass is 432 g/mol. The van der Waals surface area contributed by atoms with Crippen molar-refractivity contribution in [1.29, 1.82) is 0 Å². The number of anilines is 2. The summed E-state index contributed by atoms with van der Waals surface area (Å²) >= 11 is 0.981. The molecule has 2 rings (SSSR count). The highest BCUT2D eigenvalue weighted by Crippen LogP contribution is 2.34. The van der Waals surface area contributed by atoms with Crippen LogP contribution in [0.5, 0.6) is 0 Å². The number of esters is 2. The molecule has 0 atom stereocenters. The second-order valence-corrected chi connectivity index (χ2v) is 7.29. The summed E-state index contributed by atoms with van der Waals surface area (Å²) in [5, 5.41) is 5.63. The fraction of sp³-hybridized carbons (Fsp3) is 0.333. The van der Waals surface area contributed by atoms with Crippen molar-refractivity contribution in [2.45, 2.75) is 33.6 Å². The molecule has 1 heterocycles. The van der Waals surface area contributed by atoms with Crippen LogP contribution in [0.4, 0.5) is 10.7 Å². The van der Waals surface area contributed by atoms with Crippen molar-refractivity contribution in [2.75, 3.05) is 24.4 Å². The zero-order chi connectivity index (χ0) is 22.3. The number of thiophene rings is 1. The van der Waals surface area contributed by atoms with Gasteiger partial charge < -0.3 is 20.1 Å². The van der Waals surface area contributed by atoms with Crippen LogP contribution in [0.2, 0.25) is 0 Å². The molecule has 0 saturated carbocycles. The van der Waals surface area contributed by atoms with E-state index >= 15 is 0 Å². The summed E-state index contributed by atoms with van der Waals surface area (Å²) in [5.41, 5.74) is 1.01. The zero-order valence-electron chi connectivity index (χ0n) is 17.3. The van der Waals surface area contributed by atoms with Crippen LogP contribution in [0.1, 0.15) is 62.6 Å². The molecule has 0 radical (unpaired) electrons. The summed E-state index contributed by atoms with van der Waals surface area (Å²) in [7, 11) is 1.25. The molecule has 0 unspecified atom stereocenters. The number of ether oxygens (including phenoxy) is 2. The molecule has 9 heteroatoms. The molecule has 1 aromatic carbocycles. The first kappa shape index (κ1) is 23.1. The lowest BCUT2D eigenvalue weighted by molar-refractivity contribution is -0.116. The van der Waals surface area contributed by atoms with E-state index < -0.39 is 17.8 Å². The summed E-state index contributed by atoms with van der Waals surface area (Å²) in [6, 6.07) is 6.43. The Hall–Kier alpha value is -3.20. The second-order valence-electron chi connectivity index (χ2n) is 6.27. The van der Waals surface area contributed by atoms with E-state index in [1.54, 1.807) is 32.0 Å². The predicted octanol–water partition coefficient (Wildman–Crippen LogP) is 4.01. The van der Waals surface area contributed by atoms with Gasteiger partial charge in [-0.05, 0) is 38.0 Å². The Morgan fingerprint density at radius 1 is 1.03 bits per heavy atom. The molecule has 2 amide bonds. The molecule has 2 aromatic rings. The molecule has 8 nitrogen and oxygen atoms in total. The van der Waals surface area contributed by atoms with Crippen molar-refractivity contribution in [3.63, 3.8) is 0 Å². The highest BCUT2D eigenvalue weighted by Gasteiger charge is 2.27. The van der Waals surface area contributed by atoms with E-state index in [0.29, 0.717) is 12.0 Å². The van der Waals surface area contributed by atoms with Crippen LogP contribution in [0.3, 0.4) is 0 Å². The predicted molar refractivity (Wildman–Crippen MR) is 114 cm³/mol. The van der Waals surface area contributed by atoms with Gasteiger partial charge in [-0.3, -0.25) is 9.59 Å². The minimum atomic E-state index is -0.618. The third-order valence-corrected chi connectivity index (χ3v) is 5.35. The number of amides is 2. The maximum atomic E-state index is 12.9. The maximum Gasteiger partial charge on any atom is 0.341 e. The van der Waals surface area contributed by atoms with Gasteiger partial charge in [-0.2, -0.15) is 0 Å². The molecule has 0 aliphatic rings. The molecule has 2 N–H and O–H groups in total. The van der Waals surface area contributed by atoms with E-state index in [0.717, 1.165) is 11.3 Å². The fourth-order valence-corrected chi connectivity index (χ4v) is 3.85. The first-order valence-electron chi connectivity index (χ1n) is 9.43. The number of methoxy groups -OCH3 is 1. The average Bonchev–Trinajstić information content (AvgIpc) is 3.04. The van der Waals surface area contributed by atoms with Crippen LogP contribution >= 0.6 is 11.3 Å². The molecule has 30 heavy (non-hydrogen) atoms. The highest BCUT2D eigenvalue weighted by molar-refractivity contribution is 7.18. The van der Waals surface area contributed by atoms with Crippen molar-refractivity contribution >= 4 is 45.8 Å². The number of rotatable bonds is 8. The van der Waals surface area contributed by atoms with Crippen molar-refractivity contribution in [2.24, 2.45) is 0 Å². The fourth-order valence-electron chi connectivity index (χ4n) is 2.74. The van der Waals surface area contributed by atoms with Gasteiger partial charge in [0.25, 0.3) is 5.91 Å². The molecule has 0 bridgehead atoms. The molecule has 1 aromatic heterocycles. The topological polar surface area (TPSA) is 111 Å². The van der Waals surface area contributed by atoms with E-state index in [-0.39, 0.29) is 45.6 Å². The van der Waals surface area contributed by atoms with Crippen LogP contribution in [0, 0.1) is 6.92 Å². The lowest BCUT2D eigenvalue weighted by Gasteiger charge is -2.09. The van der Waals surface area contributed by atoms with E-state index in [1.807, 2.05) is 6.92 Å². The lowest BCUT2D eigenvalue weighted by atomic mass is 10.1. The van der Waals surface area contributed by atoms with E-state index in [2.05, 4.69) is 10.6 Å². The summed E-state index contributed by atoms with van der Waals surface area (Å²) in [4.78, 5) is 49.6. The van der Waals surface area contributed by atoms with Gasteiger partial charge >= 0.3 is 11.9 Å². The summed E-state index contributed by atoms with van der Waals surface area (Å²) in [5.74, 6) is -1.98. The van der Waals surface area contributed by atoms with Crippen LogP contribution in [0.15, 0.2) is 24.3 Å². The quantitative estimate of drug-likeness (QED) is 0.610. The molecule has 160 valence electrons. The number of para-hydroxylation sites is 1.